The Balaban J connectivity index is 2.03. The quantitative estimate of drug-likeness (QED) is 0.706. The van der Waals surface area contributed by atoms with Crippen molar-refractivity contribution in [2.45, 2.75) is 6.92 Å². The molecule has 0 aliphatic heterocycles. The first-order valence-electron chi connectivity index (χ1n) is 8.49. The van der Waals surface area contributed by atoms with Crippen molar-refractivity contribution in [3.05, 3.63) is 83.4 Å². The minimum atomic E-state index is -0.422. The normalized spacial score (nSPS) is 13.6. The highest BCUT2D eigenvalue weighted by Gasteiger charge is 2.35. The number of carbonyl (C=O) groups is 2. The van der Waals surface area contributed by atoms with Crippen LogP contribution in [0.25, 0.3) is 22.5 Å². The Morgan fingerprint density at radius 2 is 1.11 bits per heavy atom. The van der Waals surface area contributed by atoms with Gasteiger partial charge in [-0.25, -0.2) is 9.97 Å². The second-order valence-corrected chi connectivity index (χ2v) is 6.17. The molecule has 0 amide bonds. The summed E-state index contributed by atoms with van der Waals surface area (Å²) in [6.45, 7) is 1.57. The van der Waals surface area contributed by atoms with Crippen molar-refractivity contribution in [1.29, 1.82) is 0 Å². The van der Waals surface area contributed by atoms with E-state index >= 15 is 0 Å². The van der Waals surface area contributed by atoms with Gasteiger partial charge in [-0.05, 0) is 6.92 Å². The number of rotatable bonds is 3. The number of carbonyl (C=O) groups excluding carboxylic acids is 2. The van der Waals surface area contributed by atoms with E-state index in [9.17, 15) is 9.59 Å². The average molecular weight is 356 g/mol. The standard InChI is InChI=1S/C22H16N2O3/c1-13-20(25)18-19(21(26)22(13)27-2)24-17(15-11-7-4-8-12-15)16(23-18)14-9-5-3-6-10-14/h3-12H,1-2H3. The second-order valence-electron chi connectivity index (χ2n) is 6.17. The molecule has 1 aromatic heterocycles. The van der Waals surface area contributed by atoms with Crippen LogP contribution in [-0.2, 0) is 4.74 Å². The smallest absolute Gasteiger partial charge is 0.248 e. The van der Waals surface area contributed by atoms with E-state index in [1.807, 2.05) is 60.7 Å². The second kappa shape index (κ2) is 6.61. The Kier molecular flexibility index (Phi) is 4.12. The molecule has 0 N–H and O–H groups in total. The molecule has 0 bridgehead atoms. The van der Waals surface area contributed by atoms with Crippen LogP contribution >= 0.6 is 0 Å². The minimum absolute atomic E-state index is 0.0215. The summed E-state index contributed by atoms with van der Waals surface area (Å²) in [5.74, 6) is -0.743. The molecule has 5 heteroatoms. The monoisotopic (exact) mass is 356 g/mol. The lowest BCUT2D eigenvalue weighted by molar-refractivity contribution is 0.0898. The van der Waals surface area contributed by atoms with Gasteiger partial charge >= 0.3 is 0 Å². The first-order valence-corrected chi connectivity index (χ1v) is 8.49. The summed E-state index contributed by atoms with van der Waals surface area (Å²) < 4.78 is 5.14. The predicted molar refractivity (Wildman–Crippen MR) is 101 cm³/mol. The molecule has 132 valence electrons. The van der Waals surface area contributed by atoms with Gasteiger partial charge < -0.3 is 4.74 Å². The summed E-state index contributed by atoms with van der Waals surface area (Å²) in [6, 6.07) is 19.0. The zero-order valence-electron chi connectivity index (χ0n) is 14.9. The van der Waals surface area contributed by atoms with Crippen LogP contribution in [0.2, 0.25) is 0 Å². The fourth-order valence-corrected chi connectivity index (χ4v) is 3.15. The first-order chi connectivity index (χ1) is 13.1. The van der Waals surface area contributed by atoms with Gasteiger partial charge in [0.05, 0.1) is 18.5 Å². The van der Waals surface area contributed by atoms with Crippen molar-refractivity contribution in [2.24, 2.45) is 0 Å². The van der Waals surface area contributed by atoms with Crippen molar-refractivity contribution in [2.75, 3.05) is 7.11 Å². The molecule has 0 spiro atoms. The number of nitrogens with zero attached hydrogens (tertiary/aromatic N) is 2. The largest absolute Gasteiger partial charge is 0.492 e. The number of hydrogen-bond acceptors (Lipinski definition) is 5. The third kappa shape index (κ3) is 2.73. The number of ketones is 2. The zero-order valence-corrected chi connectivity index (χ0v) is 14.9. The van der Waals surface area contributed by atoms with Gasteiger partial charge in [-0.2, -0.15) is 0 Å². The minimum Gasteiger partial charge on any atom is -0.492 e. The van der Waals surface area contributed by atoms with E-state index in [1.54, 1.807) is 6.92 Å². The third-order valence-electron chi connectivity index (χ3n) is 4.51. The highest BCUT2D eigenvalue weighted by atomic mass is 16.5. The van der Waals surface area contributed by atoms with Crippen LogP contribution < -0.4 is 0 Å². The molecular weight excluding hydrogens is 340 g/mol. The molecule has 27 heavy (non-hydrogen) atoms. The van der Waals surface area contributed by atoms with E-state index < -0.39 is 5.78 Å². The molecule has 0 fully saturated rings. The molecule has 3 aromatic rings. The van der Waals surface area contributed by atoms with Gasteiger partial charge in [0, 0.05) is 16.7 Å². The number of allylic oxidation sites excluding steroid dienone is 2. The van der Waals surface area contributed by atoms with Crippen molar-refractivity contribution in [3.8, 4) is 22.5 Å². The lowest BCUT2D eigenvalue weighted by Gasteiger charge is -2.19. The number of aromatic nitrogens is 2. The van der Waals surface area contributed by atoms with Gasteiger partial charge in [-0.15, -0.1) is 0 Å². The summed E-state index contributed by atoms with van der Waals surface area (Å²) in [5, 5.41) is 0. The molecule has 5 nitrogen and oxygen atoms in total. The molecule has 4 rings (SSSR count). The van der Waals surface area contributed by atoms with Crippen LogP contribution in [0.4, 0.5) is 0 Å². The molecule has 1 heterocycles. The Hall–Kier alpha value is -3.60. The van der Waals surface area contributed by atoms with Gasteiger partial charge in [0.2, 0.25) is 11.6 Å². The van der Waals surface area contributed by atoms with Gasteiger partial charge in [0.25, 0.3) is 0 Å². The lowest BCUT2D eigenvalue weighted by atomic mass is 9.94. The number of ether oxygens (including phenoxy) is 1. The fourth-order valence-electron chi connectivity index (χ4n) is 3.15. The topological polar surface area (TPSA) is 69.2 Å². The van der Waals surface area contributed by atoms with E-state index in [-0.39, 0.29) is 28.5 Å². The summed E-state index contributed by atoms with van der Waals surface area (Å²) in [7, 11) is 1.37. The van der Waals surface area contributed by atoms with E-state index in [0.29, 0.717) is 11.4 Å². The maximum Gasteiger partial charge on any atom is 0.248 e. The maximum absolute atomic E-state index is 12.8. The summed E-state index contributed by atoms with van der Waals surface area (Å²) >= 11 is 0. The summed E-state index contributed by atoms with van der Waals surface area (Å²) in [4.78, 5) is 34.7. The molecule has 1 aliphatic carbocycles. The number of methoxy groups -OCH3 is 1. The maximum atomic E-state index is 12.8. The van der Waals surface area contributed by atoms with Gasteiger partial charge in [0.1, 0.15) is 11.4 Å². The van der Waals surface area contributed by atoms with E-state index in [1.165, 1.54) is 7.11 Å². The van der Waals surface area contributed by atoms with Crippen molar-refractivity contribution < 1.29 is 14.3 Å². The zero-order chi connectivity index (χ0) is 19.0. The number of Topliss-reactive ketones (excluding diaryl/α,β-unsaturated/α-hetero) is 2. The van der Waals surface area contributed by atoms with E-state index in [4.69, 9.17) is 4.74 Å². The predicted octanol–water partition coefficient (Wildman–Crippen LogP) is 4.11. The van der Waals surface area contributed by atoms with Crippen molar-refractivity contribution >= 4 is 11.6 Å². The van der Waals surface area contributed by atoms with Crippen molar-refractivity contribution in [1.82, 2.24) is 9.97 Å². The highest BCUT2D eigenvalue weighted by molar-refractivity contribution is 6.24. The van der Waals surface area contributed by atoms with Gasteiger partial charge in [0.15, 0.2) is 5.76 Å². The highest BCUT2D eigenvalue weighted by Crippen LogP contribution is 2.33. The van der Waals surface area contributed by atoms with E-state index in [2.05, 4.69) is 9.97 Å². The van der Waals surface area contributed by atoms with Gasteiger partial charge in [-0.1, -0.05) is 60.7 Å². The molecule has 0 atom stereocenters. The van der Waals surface area contributed by atoms with Crippen LogP contribution in [0, 0.1) is 0 Å². The Morgan fingerprint density at radius 1 is 0.667 bits per heavy atom. The van der Waals surface area contributed by atoms with Crippen LogP contribution in [-0.4, -0.2) is 28.6 Å². The molecular formula is C22H16N2O3. The van der Waals surface area contributed by atoms with Gasteiger partial charge in [-0.3, -0.25) is 9.59 Å². The fraction of sp³-hybridized carbons (Fsp3) is 0.0909. The van der Waals surface area contributed by atoms with Crippen LogP contribution in [0.5, 0.6) is 0 Å². The Bertz CT molecular complexity index is 1090. The van der Waals surface area contributed by atoms with Crippen LogP contribution in [0.1, 0.15) is 27.9 Å². The number of hydrogen-bond donors (Lipinski definition) is 0. The SMILES string of the molecule is COC1=C(C)C(=O)c2nc(-c3ccccc3)c(-c3ccccc3)nc2C1=O. The third-order valence-corrected chi connectivity index (χ3v) is 4.51. The van der Waals surface area contributed by atoms with Crippen LogP contribution in [0.15, 0.2) is 72.0 Å². The molecule has 1 aliphatic rings. The molecule has 0 saturated heterocycles. The summed E-state index contributed by atoms with van der Waals surface area (Å²) in [6.07, 6.45) is 0. The van der Waals surface area contributed by atoms with Crippen LogP contribution in [0.3, 0.4) is 0 Å². The molecule has 0 saturated carbocycles. The number of fused-ring (bicyclic) bond motifs is 1. The Labute approximate surface area is 156 Å². The number of benzene rings is 2. The molecule has 2 aromatic carbocycles. The average Bonchev–Trinajstić information content (AvgIpc) is 2.73. The lowest BCUT2D eigenvalue weighted by Crippen LogP contribution is -2.25. The molecule has 0 radical (unpaired) electrons. The molecule has 0 unspecified atom stereocenters. The Morgan fingerprint density at radius 3 is 1.56 bits per heavy atom. The van der Waals surface area contributed by atoms with E-state index in [0.717, 1.165) is 11.1 Å². The van der Waals surface area contributed by atoms with Crippen molar-refractivity contribution in [3.63, 3.8) is 0 Å². The summed E-state index contributed by atoms with van der Waals surface area (Å²) in [5.41, 5.74) is 3.10. The first kappa shape index (κ1) is 16.8.